The van der Waals surface area contributed by atoms with Crippen LogP contribution < -0.4 is 10.9 Å². The molecule has 26 heavy (non-hydrogen) atoms. The van der Waals surface area contributed by atoms with Gasteiger partial charge in [0.1, 0.15) is 5.82 Å². The summed E-state index contributed by atoms with van der Waals surface area (Å²) in [4.78, 5) is 30.6. The van der Waals surface area contributed by atoms with E-state index in [0.717, 1.165) is 5.56 Å². The molecule has 0 fully saturated rings. The van der Waals surface area contributed by atoms with Gasteiger partial charge in [0, 0.05) is 28.8 Å². The number of aromatic nitrogens is 2. The summed E-state index contributed by atoms with van der Waals surface area (Å²) in [5.41, 5.74) is 2.53. The molecule has 0 bridgehead atoms. The number of aryl methyl sites for hydroxylation is 1. The molecule has 1 heterocycles. The fraction of sp³-hybridized carbons (Fsp3) is 0.105. The van der Waals surface area contributed by atoms with Crippen molar-refractivity contribution in [2.45, 2.75) is 17.8 Å². The topological polar surface area (TPSA) is 74.8 Å². The minimum absolute atomic E-state index is 0.173. The number of carbonyl (C=O) groups excluding carboxylic acids is 1. The minimum atomic E-state index is -0.353. The van der Waals surface area contributed by atoms with Gasteiger partial charge in [0.05, 0.1) is 0 Å². The van der Waals surface area contributed by atoms with Crippen molar-refractivity contribution in [3.8, 4) is 0 Å². The SMILES string of the molecule is Cc1cc(=O)[nH]c(SCc2ccc(C(=O)Nc3ccc(F)cc3)cc2)n1. The van der Waals surface area contributed by atoms with Crippen molar-refractivity contribution in [3.63, 3.8) is 0 Å². The number of benzene rings is 2. The summed E-state index contributed by atoms with van der Waals surface area (Å²) in [6, 6.07) is 14.2. The van der Waals surface area contributed by atoms with Crippen LogP contribution in [0.4, 0.5) is 10.1 Å². The quantitative estimate of drug-likeness (QED) is 0.530. The Hall–Kier alpha value is -2.93. The molecule has 2 aromatic carbocycles. The summed E-state index contributed by atoms with van der Waals surface area (Å²) in [5, 5.41) is 3.28. The number of nitrogens with zero attached hydrogens (tertiary/aromatic N) is 1. The normalized spacial score (nSPS) is 10.5. The van der Waals surface area contributed by atoms with Crippen molar-refractivity contribution in [1.29, 1.82) is 0 Å². The number of nitrogens with one attached hydrogen (secondary N) is 2. The van der Waals surface area contributed by atoms with Crippen molar-refractivity contribution < 1.29 is 9.18 Å². The summed E-state index contributed by atoms with van der Waals surface area (Å²) in [5.74, 6) is 0.00138. The zero-order chi connectivity index (χ0) is 18.5. The highest BCUT2D eigenvalue weighted by Gasteiger charge is 2.07. The number of thioether (sulfide) groups is 1. The Kier molecular flexibility index (Phi) is 5.48. The molecule has 0 atom stereocenters. The smallest absolute Gasteiger partial charge is 0.255 e. The van der Waals surface area contributed by atoms with Gasteiger partial charge in [-0.1, -0.05) is 23.9 Å². The van der Waals surface area contributed by atoms with Crippen LogP contribution >= 0.6 is 11.8 Å². The molecule has 0 saturated carbocycles. The van der Waals surface area contributed by atoms with Gasteiger partial charge in [0.2, 0.25) is 0 Å². The Labute approximate surface area is 153 Å². The van der Waals surface area contributed by atoms with Crippen LogP contribution in [0.15, 0.2) is 64.5 Å². The third-order valence-corrected chi connectivity index (χ3v) is 4.49. The largest absolute Gasteiger partial charge is 0.322 e. The van der Waals surface area contributed by atoms with E-state index in [4.69, 9.17) is 0 Å². The van der Waals surface area contributed by atoms with Gasteiger partial charge in [-0.25, -0.2) is 9.37 Å². The molecule has 3 rings (SSSR count). The Balaban J connectivity index is 1.61. The lowest BCUT2D eigenvalue weighted by atomic mass is 10.1. The molecule has 3 aromatic rings. The van der Waals surface area contributed by atoms with Gasteiger partial charge in [-0.2, -0.15) is 0 Å². The van der Waals surface area contributed by atoms with Crippen LogP contribution in [0.5, 0.6) is 0 Å². The van der Waals surface area contributed by atoms with Crippen LogP contribution in [-0.4, -0.2) is 15.9 Å². The predicted octanol–water partition coefficient (Wildman–Crippen LogP) is 3.76. The second-order valence-electron chi connectivity index (χ2n) is 5.64. The van der Waals surface area contributed by atoms with Crippen LogP contribution in [0.3, 0.4) is 0 Å². The maximum absolute atomic E-state index is 12.9. The van der Waals surface area contributed by atoms with Gasteiger partial charge in [0.25, 0.3) is 11.5 Å². The molecular weight excluding hydrogens is 353 g/mol. The number of hydrogen-bond donors (Lipinski definition) is 2. The van der Waals surface area contributed by atoms with E-state index in [0.29, 0.717) is 27.9 Å². The molecule has 2 N–H and O–H groups in total. The van der Waals surface area contributed by atoms with E-state index < -0.39 is 0 Å². The van der Waals surface area contributed by atoms with Gasteiger partial charge in [-0.05, 0) is 48.9 Å². The van der Waals surface area contributed by atoms with E-state index in [2.05, 4.69) is 15.3 Å². The van der Waals surface area contributed by atoms with Crippen molar-refractivity contribution in [2.75, 3.05) is 5.32 Å². The van der Waals surface area contributed by atoms with Crippen molar-refractivity contribution in [3.05, 3.63) is 87.6 Å². The zero-order valence-electron chi connectivity index (χ0n) is 14.0. The number of amides is 1. The van der Waals surface area contributed by atoms with Crippen LogP contribution in [0.1, 0.15) is 21.6 Å². The van der Waals surface area contributed by atoms with Crippen molar-refractivity contribution in [2.24, 2.45) is 0 Å². The van der Waals surface area contributed by atoms with Crippen molar-refractivity contribution in [1.82, 2.24) is 9.97 Å². The van der Waals surface area contributed by atoms with Gasteiger partial charge >= 0.3 is 0 Å². The van der Waals surface area contributed by atoms with E-state index in [1.165, 1.54) is 42.1 Å². The van der Waals surface area contributed by atoms with Crippen LogP contribution in [0.2, 0.25) is 0 Å². The van der Waals surface area contributed by atoms with Crippen LogP contribution in [0.25, 0.3) is 0 Å². The van der Waals surface area contributed by atoms with E-state index in [-0.39, 0.29) is 17.3 Å². The number of hydrogen-bond acceptors (Lipinski definition) is 4. The summed E-state index contributed by atoms with van der Waals surface area (Å²) in [6.07, 6.45) is 0. The highest BCUT2D eigenvalue weighted by molar-refractivity contribution is 7.98. The number of carbonyl (C=O) groups is 1. The number of H-pyrrole nitrogens is 1. The number of aromatic amines is 1. The van der Waals surface area contributed by atoms with E-state index in [9.17, 15) is 14.0 Å². The Morgan fingerprint density at radius 3 is 2.50 bits per heavy atom. The first kappa shape index (κ1) is 17.9. The lowest BCUT2D eigenvalue weighted by molar-refractivity contribution is 0.102. The molecular formula is C19H16FN3O2S. The summed E-state index contributed by atoms with van der Waals surface area (Å²) in [6.45, 7) is 1.77. The highest BCUT2D eigenvalue weighted by Crippen LogP contribution is 2.19. The summed E-state index contributed by atoms with van der Waals surface area (Å²) in [7, 11) is 0. The molecule has 0 spiro atoms. The Morgan fingerprint density at radius 2 is 1.85 bits per heavy atom. The first-order valence-electron chi connectivity index (χ1n) is 7.86. The second kappa shape index (κ2) is 7.97. The summed E-state index contributed by atoms with van der Waals surface area (Å²) < 4.78 is 12.9. The molecule has 0 radical (unpaired) electrons. The second-order valence-corrected chi connectivity index (χ2v) is 6.60. The first-order valence-corrected chi connectivity index (χ1v) is 8.85. The summed E-state index contributed by atoms with van der Waals surface area (Å²) >= 11 is 1.42. The number of halogens is 1. The van der Waals surface area contributed by atoms with Gasteiger partial charge in [-0.15, -0.1) is 0 Å². The van der Waals surface area contributed by atoms with E-state index in [1.807, 2.05) is 12.1 Å². The molecule has 5 nitrogen and oxygen atoms in total. The number of anilines is 1. The predicted molar refractivity (Wildman–Crippen MR) is 100.0 cm³/mol. The van der Waals surface area contributed by atoms with Gasteiger partial charge < -0.3 is 10.3 Å². The maximum Gasteiger partial charge on any atom is 0.255 e. The Bertz CT molecular complexity index is 969. The van der Waals surface area contributed by atoms with E-state index in [1.54, 1.807) is 19.1 Å². The lowest BCUT2D eigenvalue weighted by Gasteiger charge is -2.06. The van der Waals surface area contributed by atoms with Crippen LogP contribution in [-0.2, 0) is 5.75 Å². The molecule has 132 valence electrons. The fourth-order valence-corrected chi connectivity index (χ4v) is 3.14. The fourth-order valence-electron chi connectivity index (χ4n) is 2.26. The minimum Gasteiger partial charge on any atom is -0.322 e. The highest BCUT2D eigenvalue weighted by atomic mass is 32.2. The standard InChI is InChI=1S/C19H16FN3O2S/c1-12-10-17(24)23-19(21-12)26-11-13-2-4-14(5-3-13)18(25)22-16-8-6-15(20)7-9-16/h2-10H,11H2,1H3,(H,22,25)(H,21,23,24). The maximum atomic E-state index is 12.9. The average Bonchev–Trinajstić information content (AvgIpc) is 2.61. The molecule has 0 aliphatic heterocycles. The molecule has 0 saturated heterocycles. The average molecular weight is 369 g/mol. The monoisotopic (exact) mass is 369 g/mol. The van der Waals surface area contributed by atoms with Gasteiger partial charge in [0.15, 0.2) is 5.16 Å². The molecule has 0 aliphatic rings. The lowest BCUT2D eigenvalue weighted by Crippen LogP contribution is -2.11. The molecule has 0 aliphatic carbocycles. The van der Waals surface area contributed by atoms with Gasteiger partial charge in [-0.3, -0.25) is 9.59 Å². The van der Waals surface area contributed by atoms with Crippen molar-refractivity contribution >= 4 is 23.4 Å². The van der Waals surface area contributed by atoms with E-state index >= 15 is 0 Å². The molecule has 0 unspecified atom stereocenters. The molecule has 1 aromatic heterocycles. The molecule has 1 amide bonds. The number of rotatable bonds is 5. The zero-order valence-corrected chi connectivity index (χ0v) is 14.8. The third kappa shape index (κ3) is 4.80. The first-order chi connectivity index (χ1) is 12.5. The third-order valence-electron chi connectivity index (χ3n) is 3.54. The van der Waals surface area contributed by atoms with Crippen LogP contribution in [0, 0.1) is 12.7 Å². The Morgan fingerprint density at radius 1 is 1.15 bits per heavy atom. The molecule has 7 heteroatoms.